The molecule has 1 atom stereocenters. The summed E-state index contributed by atoms with van der Waals surface area (Å²) in [6.45, 7) is 4.25. The van der Waals surface area contributed by atoms with Gasteiger partial charge >= 0.3 is 5.51 Å². The molecule has 0 aliphatic carbocycles. The molecule has 2 N–H and O–H groups in total. The molecule has 1 unspecified atom stereocenters. The Bertz CT molecular complexity index is 164. The van der Waals surface area contributed by atoms with Crippen LogP contribution in [0.25, 0.3) is 0 Å². The van der Waals surface area contributed by atoms with Crippen molar-refractivity contribution in [3.8, 4) is 0 Å². The molecule has 0 rings (SSSR count). The highest BCUT2D eigenvalue weighted by molar-refractivity contribution is 8.00. The van der Waals surface area contributed by atoms with E-state index in [9.17, 15) is 13.2 Å². The predicted octanol–water partition coefficient (Wildman–Crippen LogP) is 2.24. The average molecular weight is 245 g/mol. The minimum atomic E-state index is -4.16. The first kappa shape index (κ1) is 15.1. The highest BCUT2D eigenvalue weighted by Crippen LogP contribution is 2.29. The van der Waals surface area contributed by atoms with E-state index in [1.807, 2.05) is 13.8 Å². The van der Waals surface area contributed by atoms with Crippen LogP contribution in [-0.2, 0) is 0 Å². The van der Waals surface area contributed by atoms with E-state index < -0.39 is 5.51 Å². The van der Waals surface area contributed by atoms with Crippen LogP contribution in [-0.4, -0.2) is 35.6 Å². The summed E-state index contributed by atoms with van der Waals surface area (Å²) in [5, 5.41) is 11.8. The zero-order valence-electron chi connectivity index (χ0n) is 8.97. The molecule has 0 amide bonds. The first-order valence-electron chi connectivity index (χ1n) is 4.90. The zero-order valence-corrected chi connectivity index (χ0v) is 9.79. The summed E-state index contributed by atoms with van der Waals surface area (Å²) in [4.78, 5) is 0. The maximum atomic E-state index is 11.8. The molecule has 15 heavy (non-hydrogen) atoms. The lowest BCUT2D eigenvalue weighted by Gasteiger charge is -2.18. The molecular formula is C9H18F3NOS. The van der Waals surface area contributed by atoms with Crippen molar-refractivity contribution in [2.45, 2.75) is 31.8 Å². The van der Waals surface area contributed by atoms with Crippen LogP contribution in [0.2, 0.25) is 0 Å². The number of nitrogens with one attached hydrogen (secondary N) is 1. The van der Waals surface area contributed by atoms with Gasteiger partial charge in [-0.1, -0.05) is 13.8 Å². The Kier molecular flexibility index (Phi) is 7.38. The molecule has 0 spiro atoms. The number of aliphatic hydroxyl groups excluding tert-OH is 1. The van der Waals surface area contributed by atoms with Gasteiger partial charge < -0.3 is 10.4 Å². The predicted molar refractivity (Wildman–Crippen MR) is 56.8 cm³/mol. The van der Waals surface area contributed by atoms with Crippen LogP contribution >= 0.6 is 11.8 Å². The Morgan fingerprint density at radius 3 is 2.33 bits per heavy atom. The molecule has 92 valence electrons. The Hall–Kier alpha value is 0.0600. The third-order valence-electron chi connectivity index (χ3n) is 1.78. The topological polar surface area (TPSA) is 32.3 Å². The fourth-order valence-corrected chi connectivity index (χ4v) is 1.67. The molecule has 0 fully saturated rings. The van der Waals surface area contributed by atoms with Gasteiger partial charge in [0.2, 0.25) is 0 Å². The SMILES string of the molecule is CC(C)CC(CO)NCCSC(F)(F)F. The van der Waals surface area contributed by atoms with Crippen LogP contribution in [0, 0.1) is 5.92 Å². The second-order valence-corrected chi connectivity index (χ2v) is 4.92. The van der Waals surface area contributed by atoms with Gasteiger partial charge in [0, 0.05) is 18.3 Å². The minimum Gasteiger partial charge on any atom is -0.395 e. The van der Waals surface area contributed by atoms with Crippen LogP contribution in [0.5, 0.6) is 0 Å². The average Bonchev–Trinajstić information content (AvgIpc) is 2.08. The van der Waals surface area contributed by atoms with Crippen LogP contribution in [0.15, 0.2) is 0 Å². The van der Waals surface area contributed by atoms with Crippen molar-refractivity contribution in [2.24, 2.45) is 5.92 Å². The Morgan fingerprint density at radius 1 is 1.33 bits per heavy atom. The van der Waals surface area contributed by atoms with Crippen LogP contribution < -0.4 is 5.32 Å². The Morgan fingerprint density at radius 2 is 1.93 bits per heavy atom. The summed E-state index contributed by atoms with van der Waals surface area (Å²) < 4.78 is 35.3. The van der Waals surface area contributed by atoms with Gasteiger partial charge in [-0.3, -0.25) is 0 Å². The third-order valence-corrected chi connectivity index (χ3v) is 2.51. The van der Waals surface area contributed by atoms with Crippen LogP contribution in [0.4, 0.5) is 13.2 Å². The summed E-state index contributed by atoms with van der Waals surface area (Å²) >= 11 is -0.0392. The van der Waals surface area contributed by atoms with E-state index in [1.54, 1.807) is 0 Å². The molecule has 0 heterocycles. The van der Waals surface area contributed by atoms with Crippen molar-refractivity contribution < 1.29 is 18.3 Å². The first-order chi connectivity index (χ1) is 6.85. The number of halogens is 3. The van der Waals surface area contributed by atoms with Gasteiger partial charge in [-0.05, 0) is 24.1 Å². The summed E-state index contributed by atoms with van der Waals surface area (Å²) in [6.07, 6.45) is 0.771. The van der Waals surface area contributed by atoms with Gasteiger partial charge in [-0.25, -0.2) is 0 Å². The summed E-state index contributed by atoms with van der Waals surface area (Å²) in [5.74, 6) is 0.405. The summed E-state index contributed by atoms with van der Waals surface area (Å²) in [6, 6.07) is -0.0983. The molecule has 0 aromatic heterocycles. The van der Waals surface area contributed by atoms with Crippen LogP contribution in [0.3, 0.4) is 0 Å². The number of hydrogen-bond donors (Lipinski definition) is 2. The van der Waals surface area contributed by atoms with Gasteiger partial charge in [-0.15, -0.1) is 0 Å². The van der Waals surface area contributed by atoms with Gasteiger partial charge in [-0.2, -0.15) is 13.2 Å². The Balaban J connectivity index is 3.55. The highest BCUT2D eigenvalue weighted by atomic mass is 32.2. The minimum absolute atomic E-state index is 0.0158. The van der Waals surface area contributed by atoms with E-state index in [4.69, 9.17) is 5.11 Å². The third kappa shape index (κ3) is 10.3. The molecule has 0 aromatic carbocycles. The summed E-state index contributed by atoms with van der Waals surface area (Å²) in [7, 11) is 0. The quantitative estimate of drug-likeness (QED) is 0.675. The normalized spacial score (nSPS) is 14.6. The number of rotatable bonds is 7. The Labute approximate surface area is 92.6 Å². The van der Waals surface area contributed by atoms with E-state index in [-0.39, 0.29) is 36.7 Å². The second kappa shape index (κ2) is 7.35. The lowest BCUT2D eigenvalue weighted by Crippen LogP contribution is -2.35. The smallest absolute Gasteiger partial charge is 0.395 e. The van der Waals surface area contributed by atoms with Crippen molar-refractivity contribution in [3.63, 3.8) is 0 Å². The largest absolute Gasteiger partial charge is 0.441 e. The molecule has 0 aliphatic heterocycles. The fourth-order valence-electron chi connectivity index (χ4n) is 1.22. The molecule has 0 aliphatic rings. The molecule has 6 heteroatoms. The van der Waals surface area contributed by atoms with Crippen LogP contribution in [0.1, 0.15) is 20.3 Å². The zero-order chi connectivity index (χ0) is 11.9. The van der Waals surface area contributed by atoms with E-state index >= 15 is 0 Å². The molecule has 2 nitrogen and oxygen atoms in total. The molecule has 0 bridgehead atoms. The molecule has 0 saturated heterocycles. The van der Waals surface area contributed by atoms with E-state index in [0.717, 1.165) is 6.42 Å². The lowest BCUT2D eigenvalue weighted by molar-refractivity contribution is -0.0327. The standard InChI is InChI=1S/C9H18F3NOS/c1-7(2)5-8(6-14)13-3-4-15-9(10,11)12/h7-8,13-14H,3-6H2,1-2H3. The van der Waals surface area contributed by atoms with Crippen molar-refractivity contribution in [3.05, 3.63) is 0 Å². The van der Waals surface area contributed by atoms with Gasteiger partial charge in [0.15, 0.2) is 0 Å². The molecule has 0 radical (unpaired) electrons. The maximum Gasteiger partial charge on any atom is 0.441 e. The number of aliphatic hydroxyl groups is 1. The van der Waals surface area contributed by atoms with Crippen molar-refractivity contribution in [1.82, 2.24) is 5.32 Å². The summed E-state index contributed by atoms with van der Waals surface area (Å²) in [5.41, 5.74) is -4.16. The van der Waals surface area contributed by atoms with Crippen molar-refractivity contribution >= 4 is 11.8 Å². The number of hydrogen-bond acceptors (Lipinski definition) is 3. The van der Waals surface area contributed by atoms with Gasteiger partial charge in [0.25, 0.3) is 0 Å². The van der Waals surface area contributed by atoms with E-state index in [0.29, 0.717) is 5.92 Å². The molecule has 0 saturated carbocycles. The highest BCUT2D eigenvalue weighted by Gasteiger charge is 2.27. The van der Waals surface area contributed by atoms with Crippen molar-refractivity contribution in [1.29, 1.82) is 0 Å². The van der Waals surface area contributed by atoms with Gasteiger partial charge in [0.05, 0.1) is 6.61 Å². The van der Waals surface area contributed by atoms with E-state index in [1.165, 1.54) is 0 Å². The molecule has 0 aromatic rings. The second-order valence-electron chi connectivity index (χ2n) is 3.76. The fraction of sp³-hybridized carbons (Fsp3) is 1.00. The monoisotopic (exact) mass is 245 g/mol. The lowest BCUT2D eigenvalue weighted by atomic mass is 10.0. The van der Waals surface area contributed by atoms with Crippen molar-refractivity contribution in [2.75, 3.05) is 18.9 Å². The number of thioether (sulfide) groups is 1. The number of alkyl halides is 3. The molecular weight excluding hydrogens is 227 g/mol. The maximum absolute atomic E-state index is 11.8. The van der Waals surface area contributed by atoms with E-state index in [2.05, 4.69) is 5.32 Å². The van der Waals surface area contributed by atoms with Gasteiger partial charge in [0.1, 0.15) is 0 Å². The first-order valence-corrected chi connectivity index (χ1v) is 5.88.